The van der Waals surface area contributed by atoms with Crippen molar-refractivity contribution in [1.82, 2.24) is 9.62 Å². The molecule has 1 aliphatic rings. The van der Waals surface area contributed by atoms with E-state index in [1.54, 1.807) is 0 Å². The lowest BCUT2D eigenvalue weighted by atomic mass is 10.2. The Labute approximate surface area is 153 Å². The molecule has 1 aromatic carbocycles. The van der Waals surface area contributed by atoms with E-state index < -0.39 is 28.5 Å². The molecule has 2 rings (SSSR count). The molecule has 0 atom stereocenters. The number of rotatable bonds is 6. The van der Waals surface area contributed by atoms with Crippen LogP contribution in [0.4, 0.5) is 0 Å². The van der Waals surface area contributed by atoms with Crippen LogP contribution in [-0.4, -0.2) is 50.8 Å². The van der Waals surface area contributed by atoms with Gasteiger partial charge in [-0.15, -0.1) is 6.42 Å². The third-order valence-corrected chi connectivity index (χ3v) is 5.93. The van der Waals surface area contributed by atoms with Crippen LogP contribution in [0.25, 0.3) is 0 Å². The average molecular weight is 378 g/mol. The standard InChI is InChI=1S/C18H22N2O5S/c1-2-11-19-17(21)14-25-18(22)15-7-9-16(10-8-15)26(23,24)20-12-5-3-4-6-13-20/h1,7-10H,3-6,11-14H2,(H,19,21). The van der Waals surface area contributed by atoms with E-state index >= 15 is 0 Å². The maximum atomic E-state index is 12.7. The maximum absolute atomic E-state index is 12.7. The van der Waals surface area contributed by atoms with Crippen molar-refractivity contribution in [1.29, 1.82) is 0 Å². The summed E-state index contributed by atoms with van der Waals surface area (Å²) in [6, 6.07) is 5.53. The smallest absolute Gasteiger partial charge is 0.338 e. The van der Waals surface area contributed by atoms with Crippen molar-refractivity contribution in [2.45, 2.75) is 30.6 Å². The fourth-order valence-electron chi connectivity index (χ4n) is 2.61. The van der Waals surface area contributed by atoms with Gasteiger partial charge in [0.05, 0.1) is 17.0 Å². The number of ether oxygens (including phenoxy) is 1. The molecule has 0 saturated carbocycles. The number of benzene rings is 1. The molecule has 0 bridgehead atoms. The number of terminal acetylenes is 1. The van der Waals surface area contributed by atoms with Gasteiger partial charge in [-0.05, 0) is 37.1 Å². The number of hydrogen-bond acceptors (Lipinski definition) is 5. The van der Waals surface area contributed by atoms with E-state index in [1.807, 2.05) is 0 Å². The zero-order chi connectivity index (χ0) is 19.0. The minimum Gasteiger partial charge on any atom is -0.452 e. The summed E-state index contributed by atoms with van der Waals surface area (Å²) in [7, 11) is -3.57. The van der Waals surface area contributed by atoms with Crippen molar-refractivity contribution < 1.29 is 22.7 Å². The second-order valence-corrected chi connectivity index (χ2v) is 7.84. The van der Waals surface area contributed by atoms with Gasteiger partial charge in [-0.25, -0.2) is 13.2 Å². The second-order valence-electron chi connectivity index (χ2n) is 5.90. The van der Waals surface area contributed by atoms with Crippen LogP contribution in [0, 0.1) is 12.3 Å². The highest BCUT2D eigenvalue weighted by Gasteiger charge is 2.25. The van der Waals surface area contributed by atoms with Crippen LogP contribution < -0.4 is 5.32 Å². The topological polar surface area (TPSA) is 92.8 Å². The molecule has 1 saturated heterocycles. The molecule has 26 heavy (non-hydrogen) atoms. The molecule has 0 aromatic heterocycles. The van der Waals surface area contributed by atoms with Crippen LogP contribution in [-0.2, 0) is 19.6 Å². The number of hydrogen-bond donors (Lipinski definition) is 1. The molecule has 1 heterocycles. The molecule has 0 spiro atoms. The third-order valence-electron chi connectivity index (χ3n) is 4.01. The van der Waals surface area contributed by atoms with Crippen molar-refractivity contribution in [3.63, 3.8) is 0 Å². The van der Waals surface area contributed by atoms with Gasteiger partial charge >= 0.3 is 5.97 Å². The van der Waals surface area contributed by atoms with Crippen LogP contribution >= 0.6 is 0 Å². The number of sulfonamides is 1. The Balaban J connectivity index is 1.99. The van der Waals surface area contributed by atoms with Crippen molar-refractivity contribution in [2.24, 2.45) is 0 Å². The summed E-state index contributed by atoms with van der Waals surface area (Å²) in [5, 5.41) is 2.37. The molecule has 0 unspecified atom stereocenters. The highest BCUT2D eigenvalue weighted by molar-refractivity contribution is 7.89. The van der Waals surface area contributed by atoms with Crippen LogP contribution in [0.3, 0.4) is 0 Å². The Morgan fingerprint density at radius 1 is 1.12 bits per heavy atom. The first-order valence-corrected chi connectivity index (χ1v) is 9.86. The summed E-state index contributed by atoms with van der Waals surface area (Å²) in [5.74, 6) is 1.02. The molecular formula is C18H22N2O5S. The van der Waals surface area contributed by atoms with Crippen molar-refractivity contribution in [2.75, 3.05) is 26.2 Å². The van der Waals surface area contributed by atoms with E-state index in [0.717, 1.165) is 25.7 Å². The number of amides is 1. The largest absolute Gasteiger partial charge is 0.452 e. The molecule has 8 heteroatoms. The summed E-state index contributed by atoms with van der Waals surface area (Å²) in [4.78, 5) is 23.4. The van der Waals surface area contributed by atoms with E-state index in [4.69, 9.17) is 11.2 Å². The summed E-state index contributed by atoms with van der Waals surface area (Å²) in [6.07, 6.45) is 8.78. The predicted octanol–water partition coefficient (Wildman–Crippen LogP) is 1.16. The number of esters is 1. The van der Waals surface area contributed by atoms with Gasteiger partial charge in [0.1, 0.15) is 0 Å². The molecule has 1 amide bonds. The molecule has 1 N–H and O–H groups in total. The third kappa shape index (κ3) is 5.31. The van der Waals surface area contributed by atoms with E-state index in [-0.39, 0.29) is 17.0 Å². The number of nitrogens with zero attached hydrogens (tertiary/aromatic N) is 1. The van der Waals surface area contributed by atoms with Gasteiger partial charge in [-0.3, -0.25) is 4.79 Å². The van der Waals surface area contributed by atoms with E-state index in [9.17, 15) is 18.0 Å². The molecule has 140 valence electrons. The minimum atomic E-state index is -3.57. The van der Waals surface area contributed by atoms with Gasteiger partial charge in [0.2, 0.25) is 10.0 Å². The van der Waals surface area contributed by atoms with Gasteiger partial charge in [-0.1, -0.05) is 18.8 Å². The fraction of sp³-hybridized carbons (Fsp3) is 0.444. The molecule has 1 aromatic rings. The van der Waals surface area contributed by atoms with Crippen LogP contribution in [0.15, 0.2) is 29.2 Å². The second kappa shape index (κ2) is 9.36. The highest BCUT2D eigenvalue weighted by atomic mass is 32.2. The summed E-state index contributed by atoms with van der Waals surface area (Å²) >= 11 is 0. The SMILES string of the molecule is C#CCNC(=O)COC(=O)c1ccc(S(=O)(=O)N2CCCCCC2)cc1. The van der Waals surface area contributed by atoms with E-state index in [2.05, 4.69) is 11.2 Å². The van der Waals surface area contributed by atoms with Gasteiger partial charge in [0, 0.05) is 13.1 Å². The van der Waals surface area contributed by atoms with Crippen LogP contribution in [0.1, 0.15) is 36.0 Å². The van der Waals surface area contributed by atoms with Crippen LogP contribution in [0.5, 0.6) is 0 Å². The first-order valence-electron chi connectivity index (χ1n) is 8.42. The Kier molecular flexibility index (Phi) is 7.18. The number of carbonyl (C=O) groups excluding carboxylic acids is 2. The quantitative estimate of drug-likeness (QED) is 0.592. The number of carbonyl (C=O) groups is 2. The van der Waals surface area contributed by atoms with Crippen molar-refractivity contribution >= 4 is 21.9 Å². The van der Waals surface area contributed by atoms with Gasteiger partial charge < -0.3 is 10.1 Å². The van der Waals surface area contributed by atoms with Gasteiger partial charge in [0.15, 0.2) is 6.61 Å². The first kappa shape index (κ1) is 19.9. The Morgan fingerprint density at radius 3 is 2.31 bits per heavy atom. The molecule has 0 aliphatic carbocycles. The summed E-state index contributed by atoms with van der Waals surface area (Å²) in [6.45, 7) is 0.631. The van der Waals surface area contributed by atoms with Gasteiger partial charge in [0.25, 0.3) is 5.91 Å². The number of nitrogens with one attached hydrogen (secondary N) is 1. The lowest BCUT2D eigenvalue weighted by Crippen LogP contribution is -2.32. The van der Waals surface area contributed by atoms with E-state index in [0.29, 0.717) is 13.1 Å². The molecule has 7 nitrogen and oxygen atoms in total. The lowest BCUT2D eigenvalue weighted by molar-refractivity contribution is -0.123. The average Bonchev–Trinajstić information content (AvgIpc) is 2.94. The predicted molar refractivity (Wildman–Crippen MR) is 95.8 cm³/mol. The van der Waals surface area contributed by atoms with Crippen molar-refractivity contribution in [3.8, 4) is 12.3 Å². The normalized spacial score (nSPS) is 15.5. The monoisotopic (exact) mass is 378 g/mol. The summed E-state index contributed by atoms with van der Waals surface area (Å²) < 4.78 is 31.7. The molecule has 1 fully saturated rings. The highest BCUT2D eigenvalue weighted by Crippen LogP contribution is 2.20. The Hall–Kier alpha value is -2.37. The minimum absolute atomic E-state index is 0.0550. The fourth-order valence-corrected chi connectivity index (χ4v) is 4.13. The van der Waals surface area contributed by atoms with Crippen molar-refractivity contribution in [3.05, 3.63) is 29.8 Å². The first-order chi connectivity index (χ1) is 12.4. The zero-order valence-corrected chi connectivity index (χ0v) is 15.3. The summed E-state index contributed by atoms with van der Waals surface area (Å²) in [5.41, 5.74) is 0.171. The van der Waals surface area contributed by atoms with Gasteiger partial charge in [-0.2, -0.15) is 4.31 Å². The van der Waals surface area contributed by atoms with Crippen LogP contribution in [0.2, 0.25) is 0 Å². The maximum Gasteiger partial charge on any atom is 0.338 e. The molecule has 1 aliphatic heterocycles. The Morgan fingerprint density at radius 2 is 1.73 bits per heavy atom. The molecule has 0 radical (unpaired) electrons. The lowest BCUT2D eigenvalue weighted by Gasteiger charge is -2.19. The molecular weight excluding hydrogens is 356 g/mol. The Bertz CT molecular complexity index is 773. The van der Waals surface area contributed by atoms with E-state index in [1.165, 1.54) is 28.6 Å². The zero-order valence-electron chi connectivity index (χ0n) is 14.4.